The average molecular weight is 297 g/mol. The highest BCUT2D eigenvalue weighted by molar-refractivity contribution is 6.69. The van der Waals surface area contributed by atoms with Gasteiger partial charge in [-0.2, -0.15) is 0 Å². The third-order valence-electron chi connectivity index (χ3n) is 4.84. The lowest BCUT2D eigenvalue weighted by Gasteiger charge is -2.42. The zero-order valence-corrected chi connectivity index (χ0v) is 15.4. The van der Waals surface area contributed by atoms with Crippen LogP contribution in [-0.2, 0) is 9.16 Å². The van der Waals surface area contributed by atoms with E-state index in [0.29, 0.717) is 6.10 Å². The molecular formula is C17H32O2Si. The highest BCUT2D eigenvalue weighted by Crippen LogP contribution is 2.47. The fourth-order valence-corrected chi connectivity index (χ4v) is 4.99. The number of rotatable bonds is 2. The Hall–Kier alpha value is -0.123. The van der Waals surface area contributed by atoms with Gasteiger partial charge in [0.1, 0.15) is 0 Å². The van der Waals surface area contributed by atoms with Gasteiger partial charge >= 0.3 is 0 Å². The second-order valence-corrected chi connectivity index (χ2v) is 13.0. The molecule has 2 nitrogen and oxygen atoms in total. The van der Waals surface area contributed by atoms with Crippen molar-refractivity contribution >= 4 is 8.32 Å². The highest BCUT2D eigenvalue weighted by Gasteiger charge is 2.47. The van der Waals surface area contributed by atoms with Gasteiger partial charge in [-0.25, -0.2) is 0 Å². The van der Waals surface area contributed by atoms with Crippen LogP contribution in [0.5, 0.6) is 0 Å². The Kier molecular flexibility index (Phi) is 4.27. The van der Waals surface area contributed by atoms with Crippen molar-refractivity contribution in [1.29, 1.82) is 0 Å². The minimum absolute atomic E-state index is 0.179. The van der Waals surface area contributed by atoms with Crippen molar-refractivity contribution in [2.24, 2.45) is 5.41 Å². The van der Waals surface area contributed by atoms with E-state index in [1.54, 1.807) is 0 Å². The van der Waals surface area contributed by atoms with E-state index in [2.05, 4.69) is 53.4 Å². The molecule has 0 spiro atoms. The second-order valence-electron chi connectivity index (χ2n) is 8.58. The summed E-state index contributed by atoms with van der Waals surface area (Å²) in [6, 6.07) is 0. The maximum absolute atomic E-state index is 6.57. The summed E-state index contributed by atoms with van der Waals surface area (Å²) < 4.78 is 13.0. The van der Waals surface area contributed by atoms with Gasteiger partial charge in [0.05, 0.1) is 17.8 Å². The van der Waals surface area contributed by atoms with Crippen LogP contribution >= 0.6 is 0 Å². The van der Waals surface area contributed by atoms with Crippen LogP contribution in [0.3, 0.4) is 0 Å². The third-order valence-corrected chi connectivity index (χ3v) is 5.83. The Morgan fingerprint density at radius 1 is 1.25 bits per heavy atom. The van der Waals surface area contributed by atoms with E-state index >= 15 is 0 Å². The molecule has 0 amide bonds. The molecule has 1 aliphatic heterocycles. The third kappa shape index (κ3) is 3.55. The Bertz CT molecular complexity index is 394. The van der Waals surface area contributed by atoms with Gasteiger partial charge in [0.2, 0.25) is 0 Å². The first-order valence-corrected chi connectivity index (χ1v) is 11.4. The van der Waals surface area contributed by atoms with Crippen molar-refractivity contribution in [3.05, 3.63) is 11.6 Å². The van der Waals surface area contributed by atoms with Crippen LogP contribution in [0.1, 0.15) is 53.4 Å². The normalized spacial score (nSPS) is 37.9. The summed E-state index contributed by atoms with van der Waals surface area (Å²) in [5, 5.41) is 0. The molecule has 0 unspecified atom stereocenters. The zero-order chi connectivity index (χ0) is 15.2. The van der Waals surface area contributed by atoms with Crippen LogP contribution in [0.15, 0.2) is 11.6 Å². The minimum atomic E-state index is -1.54. The van der Waals surface area contributed by atoms with E-state index in [1.165, 1.54) is 18.4 Å². The molecule has 3 atom stereocenters. The van der Waals surface area contributed by atoms with Crippen molar-refractivity contribution in [2.75, 3.05) is 0 Å². The van der Waals surface area contributed by atoms with Crippen LogP contribution < -0.4 is 0 Å². The van der Waals surface area contributed by atoms with E-state index in [1.807, 2.05) is 0 Å². The monoisotopic (exact) mass is 296 g/mol. The molecule has 2 rings (SSSR count). The summed E-state index contributed by atoms with van der Waals surface area (Å²) in [4.78, 5) is 0. The van der Waals surface area contributed by atoms with Gasteiger partial charge in [0, 0.05) is 0 Å². The van der Waals surface area contributed by atoms with Gasteiger partial charge in [-0.1, -0.05) is 18.6 Å². The summed E-state index contributed by atoms with van der Waals surface area (Å²) in [5.74, 6) is 0. The number of hydrogen-bond acceptors (Lipinski definition) is 2. The van der Waals surface area contributed by atoms with Crippen LogP contribution in [0.25, 0.3) is 0 Å². The first kappa shape index (κ1) is 16.3. The summed E-state index contributed by atoms with van der Waals surface area (Å²) in [5.41, 5.74) is 1.63. The molecule has 0 aromatic rings. The summed E-state index contributed by atoms with van der Waals surface area (Å²) in [7, 11) is -1.54. The predicted octanol–water partition coefficient (Wildman–Crippen LogP) is 4.91. The molecule has 1 saturated heterocycles. The van der Waals surface area contributed by atoms with E-state index in [9.17, 15) is 0 Å². The molecule has 3 heteroatoms. The van der Waals surface area contributed by atoms with Gasteiger partial charge in [0.15, 0.2) is 8.32 Å². The molecule has 0 aromatic heterocycles. The van der Waals surface area contributed by atoms with E-state index in [-0.39, 0.29) is 17.1 Å². The Balaban J connectivity index is 2.20. The first-order valence-electron chi connectivity index (χ1n) is 8.03. The fourth-order valence-electron chi connectivity index (χ4n) is 3.73. The molecule has 2 aliphatic rings. The predicted molar refractivity (Wildman–Crippen MR) is 87.5 cm³/mol. The molecule has 1 heterocycles. The molecule has 0 N–H and O–H groups in total. The maximum Gasteiger partial charge on any atom is 0.184 e. The second kappa shape index (κ2) is 5.26. The van der Waals surface area contributed by atoms with E-state index < -0.39 is 8.32 Å². The van der Waals surface area contributed by atoms with Gasteiger partial charge in [-0.3, -0.25) is 0 Å². The van der Waals surface area contributed by atoms with E-state index in [4.69, 9.17) is 9.16 Å². The lowest BCUT2D eigenvalue weighted by Crippen LogP contribution is -2.47. The van der Waals surface area contributed by atoms with Gasteiger partial charge in [-0.05, 0) is 71.5 Å². The van der Waals surface area contributed by atoms with E-state index in [0.717, 1.165) is 12.8 Å². The fraction of sp³-hybridized carbons (Fsp3) is 0.882. The van der Waals surface area contributed by atoms with Gasteiger partial charge < -0.3 is 9.16 Å². The molecule has 1 aliphatic carbocycles. The van der Waals surface area contributed by atoms with Crippen LogP contribution in [0, 0.1) is 5.41 Å². The smallest absolute Gasteiger partial charge is 0.184 e. The molecule has 0 saturated carbocycles. The Morgan fingerprint density at radius 2 is 1.90 bits per heavy atom. The molecule has 20 heavy (non-hydrogen) atoms. The standard InChI is InChI=1S/C17H32O2Si/c1-13-8-9-15-17(4,12-13)11-10-14(16(2,3)18-15)19-20(5,6)7/h8,14-15H,9-12H2,1-7H3/t14-,15-,17-/m1/s1. The molecule has 0 radical (unpaired) electrons. The van der Waals surface area contributed by atoms with Gasteiger partial charge in [-0.15, -0.1) is 0 Å². The summed E-state index contributed by atoms with van der Waals surface area (Å²) >= 11 is 0. The Morgan fingerprint density at radius 3 is 2.50 bits per heavy atom. The van der Waals surface area contributed by atoms with Crippen LogP contribution in [0.4, 0.5) is 0 Å². The molecule has 116 valence electrons. The van der Waals surface area contributed by atoms with Crippen molar-refractivity contribution < 1.29 is 9.16 Å². The maximum atomic E-state index is 6.57. The largest absolute Gasteiger partial charge is 0.412 e. The Labute approximate surface area is 126 Å². The lowest BCUT2D eigenvalue weighted by atomic mass is 9.71. The topological polar surface area (TPSA) is 18.5 Å². The quantitative estimate of drug-likeness (QED) is 0.532. The summed E-state index contributed by atoms with van der Waals surface area (Å²) in [6.07, 6.45) is 7.51. The van der Waals surface area contributed by atoms with Crippen molar-refractivity contribution in [3.63, 3.8) is 0 Å². The molecule has 0 bridgehead atoms. The minimum Gasteiger partial charge on any atom is -0.412 e. The van der Waals surface area contributed by atoms with Crippen LogP contribution in [-0.4, -0.2) is 26.1 Å². The van der Waals surface area contributed by atoms with Crippen molar-refractivity contribution in [2.45, 2.75) is 90.8 Å². The highest BCUT2D eigenvalue weighted by atomic mass is 28.4. The summed E-state index contributed by atoms with van der Waals surface area (Å²) in [6.45, 7) is 15.9. The number of allylic oxidation sites excluding steroid dienone is 1. The zero-order valence-electron chi connectivity index (χ0n) is 14.4. The average Bonchev–Trinajstić information content (AvgIpc) is 2.34. The van der Waals surface area contributed by atoms with Gasteiger partial charge in [0.25, 0.3) is 0 Å². The molecule has 1 fully saturated rings. The number of ether oxygens (including phenoxy) is 1. The van der Waals surface area contributed by atoms with Crippen LogP contribution in [0.2, 0.25) is 19.6 Å². The molecular weight excluding hydrogens is 264 g/mol. The first-order chi connectivity index (χ1) is 9.02. The SMILES string of the molecule is CC1=CC[C@H]2OC(C)(C)[C@H](O[Si](C)(C)C)CC[C@]2(C)C1. The number of hydrogen-bond donors (Lipinski definition) is 0. The molecule has 0 aromatic carbocycles. The lowest BCUT2D eigenvalue weighted by molar-refractivity contribution is -0.144. The van der Waals surface area contributed by atoms with Crippen molar-refractivity contribution in [3.8, 4) is 0 Å². The van der Waals surface area contributed by atoms with Crippen molar-refractivity contribution in [1.82, 2.24) is 0 Å². The number of fused-ring (bicyclic) bond motifs is 1.